The third-order valence-corrected chi connectivity index (χ3v) is 5.28. The minimum Gasteiger partial charge on any atom is -0.495 e. The second-order valence-corrected chi connectivity index (χ2v) is 6.84. The summed E-state index contributed by atoms with van der Waals surface area (Å²) in [7, 11) is 1.55. The lowest BCUT2D eigenvalue weighted by atomic mass is 10.1. The molecule has 0 N–H and O–H groups in total. The molecule has 0 spiro atoms. The third-order valence-electron chi connectivity index (χ3n) is 3.58. The van der Waals surface area contributed by atoms with E-state index in [4.69, 9.17) is 27.9 Å². The van der Waals surface area contributed by atoms with Gasteiger partial charge in [0.25, 0.3) is 0 Å². The number of hydrogen-bond acceptors (Lipinski definition) is 4. The molecule has 6 heteroatoms. The lowest BCUT2D eigenvalue weighted by molar-refractivity contribution is 0.414. The molecule has 3 rings (SSSR count). The number of fused-ring (bicyclic) bond motifs is 1. The van der Waals surface area contributed by atoms with Crippen molar-refractivity contribution >= 4 is 45.8 Å². The van der Waals surface area contributed by atoms with Crippen LogP contribution in [0.1, 0.15) is 28.0 Å². The standard InChI is InChI=1S/C16H12Cl2N2OS/c1-21-15-9(5-10(17)6-13(15)18)8-20-16-12(7-19)11-3-2-4-14(11)22-16/h5-6,8H,2-4H2,1H3/b20-8+. The van der Waals surface area contributed by atoms with Crippen molar-refractivity contribution in [2.75, 3.05) is 7.11 Å². The summed E-state index contributed by atoms with van der Waals surface area (Å²) < 4.78 is 5.29. The Morgan fingerprint density at radius 1 is 1.36 bits per heavy atom. The predicted octanol–water partition coefficient (Wildman–Crippen LogP) is 5.17. The number of halogens is 2. The van der Waals surface area contributed by atoms with Crippen molar-refractivity contribution in [1.82, 2.24) is 0 Å². The molecule has 0 saturated carbocycles. The maximum absolute atomic E-state index is 9.37. The van der Waals surface area contributed by atoms with Crippen molar-refractivity contribution < 1.29 is 4.74 Å². The van der Waals surface area contributed by atoms with Crippen molar-refractivity contribution in [3.05, 3.63) is 43.7 Å². The van der Waals surface area contributed by atoms with E-state index in [1.807, 2.05) is 0 Å². The van der Waals surface area contributed by atoms with Crippen molar-refractivity contribution in [2.24, 2.45) is 4.99 Å². The minimum absolute atomic E-state index is 0.436. The highest BCUT2D eigenvalue weighted by Crippen LogP contribution is 2.40. The van der Waals surface area contributed by atoms with E-state index < -0.39 is 0 Å². The van der Waals surface area contributed by atoms with Gasteiger partial charge in [-0.25, -0.2) is 4.99 Å². The zero-order valence-electron chi connectivity index (χ0n) is 11.8. The molecule has 1 aliphatic rings. The summed E-state index contributed by atoms with van der Waals surface area (Å²) >= 11 is 13.7. The van der Waals surface area contributed by atoms with Gasteiger partial charge in [-0.05, 0) is 37.0 Å². The number of ether oxygens (including phenoxy) is 1. The average Bonchev–Trinajstić information content (AvgIpc) is 3.04. The van der Waals surface area contributed by atoms with Gasteiger partial charge >= 0.3 is 0 Å². The molecule has 1 heterocycles. The van der Waals surface area contributed by atoms with E-state index in [1.54, 1.807) is 36.8 Å². The maximum Gasteiger partial charge on any atom is 0.146 e. The van der Waals surface area contributed by atoms with E-state index in [2.05, 4.69) is 11.1 Å². The third kappa shape index (κ3) is 2.72. The molecule has 0 aliphatic heterocycles. The lowest BCUT2D eigenvalue weighted by Gasteiger charge is -2.07. The highest BCUT2D eigenvalue weighted by molar-refractivity contribution is 7.16. The zero-order valence-corrected chi connectivity index (χ0v) is 14.1. The number of hydrogen-bond donors (Lipinski definition) is 0. The van der Waals surface area contributed by atoms with Crippen LogP contribution in [0.5, 0.6) is 5.75 Å². The van der Waals surface area contributed by atoms with Gasteiger partial charge < -0.3 is 4.74 Å². The van der Waals surface area contributed by atoms with Crippen molar-refractivity contribution in [3.8, 4) is 11.8 Å². The number of nitrogens with zero attached hydrogens (tertiary/aromatic N) is 2. The highest BCUT2D eigenvalue weighted by atomic mass is 35.5. The predicted molar refractivity (Wildman–Crippen MR) is 91.3 cm³/mol. The molecule has 0 radical (unpaired) electrons. The fourth-order valence-corrected chi connectivity index (χ4v) is 4.39. The summed E-state index contributed by atoms with van der Waals surface area (Å²) in [6, 6.07) is 5.64. The first-order chi connectivity index (χ1) is 10.6. The lowest BCUT2D eigenvalue weighted by Crippen LogP contribution is -1.92. The molecule has 1 aromatic heterocycles. The molecule has 0 atom stereocenters. The van der Waals surface area contributed by atoms with Crippen LogP contribution in [0.15, 0.2) is 17.1 Å². The van der Waals surface area contributed by atoms with Crippen LogP contribution in [0.25, 0.3) is 0 Å². The van der Waals surface area contributed by atoms with Gasteiger partial charge in [-0.15, -0.1) is 11.3 Å². The molecule has 2 aromatic rings. The number of rotatable bonds is 3. The Balaban J connectivity index is 2.01. The molecule has 0 bridgehead atoms. The van der Waals surface area contributed by atoms with Crippen molar-refractivity contribution in [2.45, 2.75) is 19.3 Å². The molecule has 112 valence electrons. The Labute approximate surface area is 142 Å². The quantitative estimate of drug-likeness (QED) is 0.716. The molecular weight excluding hydrogens is 339 g/mol. The second-order valence-electron chi connectivity index (χ2n) is 4.92. The fraction of sp³-hybridized carbons (Fsp3) is 0.250. The molecular formula is C16H12Cl2N2OS. The van der Waals surface area contributed by atoms with Crippen LogP contribution in [0.4, 0.5) is 5.00 Å². The normalized spacial score (nSPS) is 13.4. The van der Waals surface area contributed by atoms with Gasteiger partial charge in [0.2, 0.25) is 0 Å². The number of methoxy groups -OCH3 is 1. The minimum atomic E-state index is 0.436. The Hall–Kier alpha value is -1.54. The van der Waals surface area contributed by atoms with Gasteiger partial charge in [-0.2, -0.15) is 5.26 Å². The summed E-state index contributed by atoms with van der Waals surface area (Å²) in [5.74, 6) is 0.525. The van der Waals surface area contributed by atoms with Gasteiger partial charge in [-0.1, -0.05) is 23.2 Å². The topological polar surface area (TPSA) is 45.4 Å². The SMILES string of the molecule is COc1c(Cl)cc(Cl)cc1/C=N/c1sc2c(c1C#N)CCC2. The van der Waals surface area contributed by atoms with E-state index in [9.17, 15) is 5.26 Å². The van der Waals surface area contributed by atoms with Crippen LogP contribution in [0.3, 0.4) is 0 Å². The number of nitriles is 1. The van der Waals surface area contributed by atoms with Crippen LogP contribution < -0.4 is 4.74 Å². The van der Waals surface area contributed by atoms with Gasteiger partial charge in [0, 0.05) is 21.7 Å². The Bertz CT molecular complexity index is 805. The number of aryl methyl sites for hydroxylation is 1. The summed E-state index contributed by atoms with van der Waals surface area (Å²) in [4.78, 5) is 5.75. The van der Waals surface area contributed by atoms with Gasteiger partial charge in [0.1, 0.15) is 16.8 Å². The number of benzene rings is 1. The molecule has 0 unspecified atom stereocenters. The molecule has 1 aliphatic carbocycles. The summed E-state index contributed by atoms with van der Waals surface area (Å²) in [5, 5.41) is 11.1. The molecule has 0 amide bonds. The molecule has 3 nitrogen and oxygen atoms in total. The van der Waals surface area contributed by atoms with Crippen LogP contribution in [-0.2, 0) is 12.8 Å². The summed E-state index contributed by atoms with van der Waals surface area (Å²) in [6.45, 7) is 0. The molecule has 0 fully saturated rings. The van der Waals surface area contributed by atoms with Crippen molar-refractivity contribution in [1.29, 1.82) is 5.26 Å². The fourth-order valence-electron chi connectivity index (χ4n) is 2.62. The van der Waals surface area contributed by atoms with Crippen molar-refractivity contribution in [3.63, 3.8) is 0 Å². The first-order valence-electron chi connectivity index (χ1n) is 6.75. The highest BCUT2D eigenvalue weighted by Gasteiger charge is 2.21. The second kappa shape index (κ2) is 6.29. The van der Waals surface area contributed by atoms with Crippen LogP contribution in [0.2, 0.25) is 10.0 Å². The first-order valence-corrected chi connectivity index (χ1v) is 8.33. The molecule has 1 aromatic carbocycles. The van der Waals surface area contributed by atoms with Gasteiger partial charge in [-0.3, -0.25) is 0 Å². The molecule has 22 heavy (non-hydrogen) atoms. The monoisotopic (exact) mass is 350 g/mol. The Morgan fingerprint density at radius 2 is 2.18 bits per heavy atom. The first kappa shape index (κ1) is 15.4. The smallest absolute Gasteiger partial charge is 0.146 e. The van der Waals surface area contributed by atoms with Gasteiger partial charge in [0.15, 0.2) is 0 Å². The Morgan fingerprint density at radius 3 is 2.91 bits per heavy atom. The average molecular weight is 351 g/mol. The molecule has 0 saturated heterocycles. The number of aliphatic imine (C=N–C) groups is 1. The van der Waals surface area contributed by atoms with E-state index in [-0.39, 0.29) is 0 Å². The van der Waals surface area contributed by atoms with Crippen LogP contribution in [0, 0.1) is 11.3 Å². The van der Waals surface area contributed by atoms with E-state index in [0.717, 1.165) is 29.8 Å². The largest absolute Gasteiger partial charge is 0.495 e. The van der Waals surface area contributed by atoms with Crippen LogP contribution >= 0.6 is 34.5 Å². The Kier molecular flexibility index (Phi) is 4.39. The van der Waals surface area contributed by atoms with E-state index >= 15 is 0 Å². The van der Waals surface area contributed by atoms with E-state index in [1.165, 1.54) is 4.88 Å². The summed E-state index contributed by atoms with van der Waals surface area (Å²) in [6.07, 6.45) is 4.78. The van der Waals surface area contributed by atoms with Crippen LogP contribution in [-0.4, -0.2) is 13.3 Å². The summed E-state index contributed by atoms with van der Waals surface area (Å²) in [5.41, 5.74) is 2.55. The zero-order chi connectivity index (χ0) is 15.7. The maximum atomic E-state index is 9.37. The van der Waals surface area contributed by atoms with Gasteiger partial charge in [0.05, 0.1) is 17.7 Å². The van der Waals surface area contributed by atoms with E-state index in [0.29, 0.717) is 26.9 Å². The number of thiophene rings is 1.